The lowest BCUT2D eigenvalue weighted by Gasteiger charge is -2.18. The minimum absolute atomic E-state index is 0.00222. The Morgan fingerprint density at radius 1 is 1.45 bits per heavy atom. The minimum Gasteiger partial charge on any atom is -0.496 e. The highest BCUT2D eigenvalue weighted by Gasteiger charge is 2.29. The van der Waals surface area contributed by atoms with Crippen molar-refractivity contribution in [3.05, 3.63) is 46.7 Å². The van der Waals surface area contributed by atoms with E-state index in [1.165, 1.54) is 0 Å². The van der Waals surface area contributed by atoms with E-state index in [1.807, 2.05) is 34.7 Å². The van der Waals surface area contributed by atoms with Crippen LogP contribution in [0, 0.1) is 6.92 Å². The Balaban J connectivity index is 1.77. The number of aromatic nitrogens is 2. The summed E-state index contributed by atoms with van der Waals surface area (Å²) in [5.74, 6) is 0.619. The highest BCUT2D eigenvalue weighted by molar-refractivity contribution is 6.30. The molecule has 0 aliphatic carbocycles. The Morgan fingerprint density at radius 2 is 2.27 bits per heavy atom. The first-order valence-corrected chi connectivity index (χ1v) is 7.60. The number of nitrogens with zero attached hydrogens (tertiary/aromatic N) is 3. The maximum absolute atomic E-state index is 12.7. The van der Waals surface area contributed by atoms with Crippen molar-refractivity contribution in [3.8, 4) is 5.75 Å². The van der Waals surface area contributed by atoms with Crippen LogP contribution >= 0.6 is 11.6 Å². The van der Waals surface area contributed by atoms with E-state index in [4.69, 9.17) is 16.3 Å². The molecule has 1 aliphatic rings. The van der Waals surface area contributed by atoms with Crippen molar-refractivity contribution >= 4 is 17.5 Å². The second-order valence-electron chi connectivity index (χ2n) is 5.54. The molecule has 1 atom stereocenters. The van der Waals surface area contributed by atoms with Crippen LogP contribution in [0.3, 0.4) is 0 Å². The van der Waals surface area contributed by atoms with Gasteiger partial charge in [0.25, 0.3) is 5.91 Å². The van der Waals surface area contributed by atoms with Gasteiger partial charge in [0.15, 0.2) is 0 Å². The molecule has 1 unspecified atom stereocenters. The molecular weight excluding hydrogens is 302 g/mol. The molecule has 1 aromatic carbocycles. The van der Waals surface area contributed by atoms with Gasteiger partial charge in [-0.2, -0.15) is 5.10 Å². The molecule has 0 saturated carbocycles. The van der Waals surface area contributed by atoms with Gasteiger partial charge in [-0.3, -0.25) is 9.48 Å². The van der Waals surface area contributed by atoms with E-state index in [9.17, 15) is 4.79 Å². The third kappa shape index (κ3) is 2.81. The van der Waals surface area contributed by atoms with Crippen molar-refractivity contribution in [1.29, 1.82) is 0 Å². The van der Waals surface area contributed by atoms with Crippen LogP contribution in [0.2, 0.25) is 5.02 Å². The van der Waals surface area contributed by atoms with E-state index in [0.29, 0.717) is 29.4 Å². The molecule has 1 aromatic heterocycles. The summed E-state index contributed by atoms with van der Waals surface area (Å²) in [5.41, 5.74) is 1.67. The van der Waals surface area contributed by atoms with Gasteiger partial charge < -0.3 is 9.64 Å². The monoisotopic (exact) mass is 319 g/mol. The summed E-state index contributed by atoms with van der Waals surface area (Å²) in [6, 6.07) is 5.81. The molecule has 6 heteroatoms. The van der Waals surface area contributed by atoms with Gasteiger partial charge in [-0.25, -0.2) is 0 Å². The van der Waals surface area contributed by atoms with E-state index in [1.54, 1.807) is 19.5 Å². The maximum atomic E-state index is 12.7. The Morgan fingerprint density at radius 3 is 2.95 bits per heavy atom. The molecule has 1 fully saturated rings. The SMILES string of the molecule is COc1cc(C)ccc1C(=O)N1CCC(n2cc(Cl)cn2)C1. The number of carbonyl (C=O) groups excluding carboxylic acids is 1. The first kappa shape index (κ1) is 14.9. The number of hydrogen-bond acceptors (Lipinski definition) is 3. The second-order valence-corrected chi connectivity index (χ2v) is 5.97. The lowest BCUT2D eigenvalue weighted by molar-refractivity contribution is 0.0783. The Labute approximate surface area is 134 Å². The van der Waals surface area contributed by atoms with Crippen molar-refractivity contribution in [1.82, 2.24) is 14.7 Å². The van der Waals surface area contributed by atoms with Crippen LogP contribution in [0.15, 0.2) is 30.6 Å². The van der Waals surface area contributed by atoms with Crippen LogP contribution in [0.5, 0.6) is 5.75 Å². The number of methoxy groups -OCH3 is 1. The highest BCUT2D eigenvalue weighted by atomic mass is 35.5. The van der Waals surface area contributed by atoms with Gasteiger partial charge in [0, 0.05) is 19.3 Å². The van der Waals surface area contributed by atoms with Crippen LogP contribution in [0.1, 0.15) is 28.4 Å². The quantitative estimate of drug-likeness (QED) is 0.874. The van der Waals surface area contributed by atoms with Gasteiger partial charge in [0.1, 0.15) is 5.75 Å². The summed E-state index contributed by atoms with van der Waals surface area (Å²) in [5, 5.41) is 4.85. The first-order chi connectivity index (χ1) is 10.6. The molecule has 1 saturated heterocycles. The molecule has 2 heterocycles. The van der Waals surface area contributed by atoms with Crippen molar-refractivity contribution in [2.45, 2.75) is 19.4 Å². The van der Waals surface area contributed by atoms with E-state index in [0.717, 1.165) is 12.0 Å². The fourth-order valence-corrected chi connectivity index (χ4v) is 2.95. The lowest BCUT2D eigenvalue weighted by Crippen LogP contribution is -2.29. The number of benzene rings is 1. The van der Waals surface area contributed by atoms with Crippen LogP contribution in [0.25, 0.3) is 0 Å². The second kappa shape index (κ2) is 6.01. The highest BCUT2D eigenvalue weighted by Crippen LogP contribution is 2.27. The molecule has 1 amide bonds. The van der Waals surface area contributed by atoms with Gasteiger partial charge in [0.2, 0.25) is 0 Å². The number of likely N-dealkylation sites (tertiary alicyclic amines) is 1. The van der Waals surface area contributed by atoms with Gasteiger partial charge >= 0.3 is 0 Å². The number of aryl methyl sites for hydroxylation is 1. The summed E-state index contributed by atoms with van der Waals surface area (Å²) < 4.78 is 7.17. The predicted molar refractivity (Wildman–Crippen MR) is 84.5 cm³/mol. The third-order valence-electron chi connectivity index (χ3n) is 3.98. The van der Waals surface area contributed by atoms with E-state index in [2.05, 4.69) is 5.10 Å². The molecule has 116 valence electrons. The Hall–Kier alpha value is -2.01. The van der Waals surface area contributed by atoms with Gasteiger partial charge in [0.05, 0.1) is 29.9 Å². The van der Waals surface area contributed by atoms with Crippen molar-refractivity contribution in [3.63, 3.8) is 0 Å². The molecule has 5 nitrogen and oxygen atoms in total. The average Bonchev–Trinajstić information content (AvgIpc) is 3.15. The molecule has 0 bridgehead atoms. The van der Waals surface area contributed by atoms with Crippen LogP contribution in [-0.4, -0.2) is 40.8 Å². The maximum Gasteiger partial charge on any atom is 0.257 e. The number of rotatable bonds is 3. The predicted octanol–water partition coefficient (Wildman–Crippen LogP) is 2.94. The zero-order valence-corrected chi connectivity index (χ0v) is 13.4. The third-order valence-corrected chi connectivity index (χ3v) is 4.18. The molecular formula is C16H18ClN3O2. The number of ether oxygens (including phenoxy) is 1. The molecule has 2 aromatic rings. The summed E-state index contributed by atoms with van der Waals surface area (Å²) in [7, 11) is 1.59. The summed E-state index contributed by atoms with van der Waals surface area (Å²) in [6.45, 7) is 3.32. The van der Waals surface area contributed by atoms with Crippen LogP contribution in [-0.2, 0) is 0 Å². The van der Waals surface area contributed by atoms with Crippen LogP contribution in [0.4, 0.5) is 0 Å². The zero-order chi connectivity index (χ0) is 15.7. The zero-order valence-electron chi connectivity index (χ0n) is 12.6. The molecule has 0 radical (unpaired) electrons. The number of carbonyl (C=O) groups is 1. The summed E-state index contributed by atoms with van der Waals surface area (Å²) in [4.78, 5) is 14.6. The van der Waals surface area contributed by atoms with Crippen LogP contribution < -0.4 is 4.74 Å². The fraction of sp³-hybridized carbons (Fsp3) is 0.375. The molecule has 0 N–H and O–H groups in total. The largest absolute Gasteiger partial charge is 0.496 e. The van der Waals surface area contributed by atoms with E-state index in [-0.39, 0.29) is 11.9 Å². The minimum atomic E-state index is -0.00222. The Bertz CT molecular complexity index is 698. The Kier molecular flexibility index (Phi) is 4.07. The smallest absolute Gasteiger partial charge is 0.257 e. The molecule has 22 heavy (non-hydrogen) atoms. The normalized spacial score (nSPS) is 17.8. The van der Waals surface area contributed by atoms with Crippen molar-refractivity contribution < 1.29 is 9.53 Å². The lowest BCUT2D eigenvalue weighted by atomic mass is 10.1. The number of hydrogen-bond donors (Lipinski definition) is 0. The topological polar surface area (TPSA) is 47.4 Å². The molecule has 1 aliphatic heterocycles. The summed E-state index contributed by atoms with van der Waals surface area (Å²) >= 11 is 5.91. The average molecular weight is 320 g/mol. The van der Waals surface area contributed by atoms with Gasteiger partial charge in [-0.05, 0) is 31.0 Å². The summed E-state index contributed by atoms with van der Waals surface area (Å²) in [6.07, 6.45) is 4.29. The fourth-order valence-electron chi connectivity index (χ4n) is 2.80. The number of amides is 1. The number of halogens is 1. The van der Waals surface area contributed by atoms with Crippen molar-refractivity contribution in [2.24, 2.45) is 0 Å². The van der Waals surface area contributed by atoms with Gasteiger partial charge in [-0.15, -0.1) is 0 Å². The van der Waals surface area contributed by atoms with E-state index < -0.39 is 0 Å². The first-order valence-electron chi connectivity index (χ1n) is 7.22. The van der Waals surface area contributed by atoms with Crippen molar-refractivity contribution in [2.75, 3.05) is 20.2 Å². The van der Waals surface area contributed by atoms with E-state index >= 15 is 0 Å². The molecule has 0 spiro atoms. The molecule has 3 rings (SSSR count). The van der Waals surface area contributed by atoms with Gasteiger partial charge in [-0.1, -0.05) is 17.7 Å². The standard InChI is InChI=1S/C16H18ClN3O2/c1-11-3-4-14(15(7-11)22-2)16(21)19-6-5-13(10-19)20-9-12(17)8-18-20/h3-4,7-9,13H,5-6,10H2,1-2H3.